The number of nitrogens with zero attached hydrogens (tertiary/aromatic N) is 1. The van der Waals surface area contributed by atoms with Crippen LogP contribution in [0.15, 0.2) is 24.5 Å². The summed E-state index contributed by atoms with van der Waals surface area (Å²) in [5, 5.41) is 3.47. The summed E-state index contributed by atoms with van der Waals surface area (Å²) in [6, 6.07) is 4.40. The van der Waals surface area contributed by atoms with E-state index in [9.17, 15) is 0 Å². The Morgan fingerprint density at radius 1 is 1.41 bits per heavy atom. The Bertz CT molecular complexity index is 277. The molecule has 0 saturated carbocycles. The first-order chi connectivity index (χ1) is 8.33. The summed E-state index contributed by atoms with van der Waals surface area (Å²) in [4.78, 5) is 4.00. The minimum absolute atomic E-state index is 0.582. The second kappa shape index (κ2) is 8.99. The monoisotopic (exact) mass is 236 g/mol. The van der Waals surface area contributed by atoms with E-state index in [2.05, 4.69) is 24.1 Å². The van der Waals surface area contributed by atoms with Crippen LogP contribution in [0.3, 0.4) is 0 Å². The molecule has 0 saturated heterocycles. The minimum Gasteiger partial charge on any atom is -0.491 e. The van der Waals surface area contributed by atoms with Crippen molar-refractivity contribution in [1.82, 2.24) is 10.3 Å². The van der Waals surface area contributed by atoms with Crippen LogP contribution in [0, 0.1) is 0 Å². The van der Waals surface area contributed by atoms with Gasteiger partial charge in [-0.3, -0.25) is 4.98 Å². The van der Waals surface area contributed by atoms with Crippen molar-refractivity contribution in [2.75, 3.05) is 13.2 Å². The molecular formula is C14H24N2O. The van der Waals surface area contributed by atoms with Crippen molar-refractivity contribution in [2.45, 2.75) is 45.6 Å². The summed E-state index contributed by atoms with van der Waals surface area (Å²) in [7, 11) is 0. The first-order valence-electron chi connectivity index (χ1n) is 6.59. The third-order valence-electron chi connectivity index (χ3n) is 2.74. The molecule has 1 heterocycles. The Morgan fingerprint density at radius 2 is 2.29 bits per heavy atom. The summed E-state index contributed by atoms with van der Waals surface area (Å²) in [5.41, 5.74) is 0. The van der Waals surface area contributed by atoms with Crippen molar-refractivity contribution in [1.29, 1.82) is 0 Å². The van der Waals surface area contributed by atoms with Crippen LogP contribution in [0.1, 0.15) is 39.5 Å². The third kappa shape index (κ3) is 6.95. The highest BCUT2D eigenvalue weighted by Crippen LogP contribution is 2.05. The number of hydrogen-bond acceptors (Lipinski definition) is 3. The van der Waals surface area contributed by atoms with E-state index in [-0.39, 0.29) is 0 Å². The van der Waals surface area contributed by atoms with E-state index in [1.807, 2.05) is 12.1 Å². The van der Waals surface area contributed by atoms with E-state index < -0.39 is 0 Å². The lowest BCUT2D eigenvalue weighted by Crippen LogP contribution is -2.30. The van der Waals surface area contributed by atoms with Gasteiger partial charge in [-0.1, -0.05) is 26.2 Å². The van der Waals surface area contributed by atoms with Gasteiger partial charge in [0.1, 0.15) is 12.4 Å². The van der Waals surface area contributed by atoms with Crippen LogP contribution >= 0.6 is 0 Å². The highest BCUT2D eigenvalue weighted by molar-refractivity contribution is 5.15. The van der Waals surface area contributed by atoms with E-state index >= 15 is 0 Å². The molecule has 1 aromatic heterocycles. The molecule has 0 aromatic carbocycles. The van der Waals surface area contributed by atoms with Crippen molar-refractivity contribution in [3.8, 4) is 5.75 Å². The lowest BCUT2D eigenvalue weighted by molar-refractivity contribution is 0.303. The molecule has 0 aliphatic heterocycles. The smallest absolute Gasteiger partial charge is 0.137 e. The Morgan fingerprint density at radius 3 is 3.00 bits per heavy atom. The van der Waals surface area contributed by atoms with Crippen LogP contribution < -0.4 is 10.1 Å². The largest absolute Gasteiger partial charge is 0.491 e. The molecule has 3 heteroatoms. The van der Waals surface area contributed by atoms with Crippen LogP contribution in [0.2, 0.25) is 0 Å². The normalized spacial score (nSPS) is 12.4. The standard InChI is InChI=1S/C14H24N2O/c1-3-4-5-7-13(2)16-10-11-17-14-8-6-9-15-12-14/h6,8-9,12-13,16H,3-5,7,10-11H2,1-2H3. The van der Waals surface area contributed by atoms with Crippen LogP contribution in [0.5, 0.6) is 5.75 Å². The van der Waals surface area contributed by atoms with Gasteiger partial charge in [0.05, 0.1) is 6.20 Å². The molecule has 0 aliphatic carbocycles. The number of ether oxygens (including phenoxy) is 1. The maximum atomic E-state index is 5.56. The molecule has 1 N–H and O–H groups in total. The Labute approximate surface area is 105 Å². The van der Waals surface area contributed by atoms with E-state index in [1.165, 1.54) is 25.7 Å². The Kier molecular flexibility index (Phi) is 7.39. The maximum Gasteiger partial charge on any atom is 0.137 e. The lowest BCUT2D eigenvalue weighted by atomic mass is 10.1. The molecule has 0 spiro atoms. The van der Waals surface area contributed by atoms with Crippen molar-refractivity contribution in [3.05, 3.63) is 24.5 Å². The zero-order chi connectivity index (χ0) is 12.3. The fourth-order valence-corrected chi connectivity index (χ4v) is 1.71. The number of pyridine rings is 1. The minimum atomic E-state index is 0.582. The van der Waals surface area contributed by atoms with Crippen molar-refractivity contribution in [2.24, 2.45) is 0 Å². The quantitative estimate of drug-likeness (QED) is 0.669. The summed E-state index contributed by atoms with van der Waals surface area (Å²) in [6.07, 6.45) is 8.68. The van der Waals surface area contributed by atoms with Gasteiger partial charge in [0, 0.05) is 18.8 Å². The highest BCUT2D eigenvalue weighted by Gasteiger charge is 2.00. The van der Waals surface area contributed by atoms with Gasteiger partial charge in [-0.25, -0.2) is 0 Å². The van der Waals surface area contributed by atoms with Gasteiger partial charge in [0.15, 0.2) is 0 Å². The van der Waals surface area contributed by atoms with Gasteiger partial charge in [0.2, 0.25) is 0 Å². The summed E-state index contributed by atoms with van der Waals surface area (Å²) in [5.74, 6) is 0.841. The SMILES string of the molecule is CCCCCC(C)NCCOc1cccnc1. The molecular weight excluding hydrogens is 212 g/mol. The fourth-order valence-electron chi connectivity index (χ4n) is 1.71. The average molecular weight is 236 g/mol. The molecule has 1 unspecified atom stereocenters. The molecule has 17 heavy (non-hydrogen) atoms. The van der Waals surface area contributed by atoms with E-state index in [0.29, 0.717) is 12.6 Å². The summed E-state index contributed by atoms with van der Waals surface area (Å²) >= 11 is 0. The zero-order valence-electron chi connectivity index (χ0n) is 11.0. The van der Waals surface area contributed by atoms with Crippen molar-refractivity contribution >= 4 is 0 Å². The van der Waals surface area contributed by atoms with Crippen LogP contribution in [-0.2, 0) is 0 Å². The molecule has 96 valence electrons. The molecule has 3 nitrogen and oxygen atoms in total. The molecule has 0 radical (unpaired) electrons. The van der Waals surface area contributed by atoms with E-state index in [0.717, 1.165) is 12.3 Å². The van der Waals surface area contributed by atoms with Crippen molar-refractivity contribution in [3.63, 3.8) is 0 Å². The second-order valence-electron chi connectivity index (χ2n) is 4.39. The van der Waals surface area contributed by atoms with Gasteiger partial charge < -0.3 is 10.1 Å². The number of rotatable bonds is 9. The molecule has 1 atom stereocenters. The first kappa shape index (κ1) is 14.0. The molecule has 0 amide bonds. The van der Waals surface area contributed by atoms with Crippen molar-refractivity contribution < 1.29 is 4.74 Å². The highest BCUT2D eigenvalue weighted by atomic mass is 16.5. The number of aromatic nitrogens is 1. The lowest BCUT2D eigenvalue weighted by Gasteiger charge is -2.13. The second-order valence-corrected chi connectivity index (χ2v) is 4.39. The molecule has 0 aliphatic rings. The molecule has 0 bridgehead atoms. The maximum absolute atomic E-state index is 5.56. The van der Waals surface area contributed by atoms with Gasteiger partial charge in [-0.05, 0) is 25.5 Å². The number of nitrogens with one attached hydrogen (secondary N) is 1. The topological polar surface area (TPSA) is 34.1 Å². The zero-order valence-corrected chi connectivity index (χ0v) is 11.0. The van der Waals surface area contributed by atoms with E-state index in [1.54, 1.807) is 12.4 Å². The molecule has 0 fully saturated rings. The predicted molar refractivity (Wildman–Crippen MR) is 71.3 cm³/mol. The average Bonchev–Trinajstić information content (AvgIpc) is 2.36. The first-order valence-corrected chi connectivity index (χ1v) is 6.59. The number of hydrogen-bond donors (Lipinski definition) is 1. The molecule has 1 aromatic rings. The van der Waals surface area contributed by atoms with Crippen LogP contribution in [0.25, 0.3) is 0 Å². The van der Waals surface area contributed by atoms with E-state index in [4.69, 9.17) is 4.74 Å². The van der Waals surface area contributed by atoms with Gasteiger partial charge >= 0.3 is 0 Å². The Balaban J connectivity index is 2.00. The van der Waals surface area contributed by atoms with Gasteiger partial charge in [0.25, 0.3) is 0 Å². The Hall–Kier alpha value is -1.09. The summed E-state index contributed by atoms with van der Waals surface area (Å²) < 4.78 is 5.56. The number of unbranched alkanes of at least 4 members (excludes halogenated alkanes) is 2. The molecule has 1 rings (SSSR count). The fraction of sp³-hybridized carbons (Fsp3) is 0.643. The third-order valence-corrected chi connectivity index (χ3v) is 2.74. The summed E-state index contributed by atoms with van der Waals surface area (Å²) in [6.45, 7) is 6.06. The van der Waals surface area contributed by atoms with Gasteiger partial charge in [-0.15, -0.1) is 0 Å². The van der Waals surface area contributed by atoms with Crippen LogP contribution in [0.4, 0.5) is 0 Å². The van der Waals surface area contributed by atoms with Crippen LogP contribution in [-0.4, -0.2) is 24.2 Å². The van der Waals surface area contributed by atoms with Gasteiger partial charge in [-0.2, -0.15) is 0 Å². The predicted octanol–water partition coefficient (Wildman–Crippen LogP) is 3.02.